The topological polar surface area (TPSA) is 98.9 Å². The number of fused-ring (bicyclic) bond motifs is 1. The van der Waals surface area contributed by atoms with Crippen LogP contribution in [-0.2, 0) is 0 Å². The van der Waals surface area contributed by atoms with E-state index in [9.17, 15) is 14.4 Å². The number of pyridine rings is 1. The molecule has 2 aromatic heterocycles. The van der Waals surface area contributed by atoms with Crippen molar-refractivity contribution in [3.05, 3.63) is 74.2 Å². The number of nitrogens with one attached hydrogen (secondary N) is 2. The van der Waals surface area contributed by atoms with Crippen LogP contribution in [0.2, 0.25) is 0 Å². The minimum absolute atomic E-state index is 0.0101. The summed E-state index contributed by atoms with van der Waals surface area (Å²) in [4.78, 5) is 48.9. The molecule has 1 saturated heterocycles. The lowest BCUT2D eigenvalue weighted by Gasteiger charge is -2.32. The van der Waals surface area contributed by atoms with Crippen LogP contribution >= 0.6 is 0 Å². The maximum atomic E-state index is 13.0. The van der Waals surface area contributed by atoms with Crippen LogP contribution in [0.4, 0.5) is 0 Å². The molecule has 0 spiro atoms. The second kappa shape index (κ2) is 6.83. The number of piperidine rings is 1. The van der Waals surface area contributed by atoms with Gasteiger partial charge in [-0.15, -0.1) is 0 Å². The molecular weight excluding hydrogens is 344 g/mol. The summed E-state index contributed by atoms with van der Waals surface area (Å²) in [5, 5.41) is 0.564. The first kappa shape index (κ1) is 17.2. The number of H-pyrrole nitrogens is 2. The van der Waals surface area contributed by atoms with Gasteiger partial charge in [-0.05, 0) is 31.9 Å². The Balaban J connectivity index is 1.62. The minimum Gasteiger partial charge on any atom is -0.350 e. The maximum Gasteiger partial charge on any atom is 0.270 e. The van der Waals surface area contributed by atoms with Crippen molar-refractivity contribution >= 4 is 16.8 Å². The largest absolute Gasteiger partial charge is 0.350 e. The normalized spacial score (nSPS) is 17.2. The van der Waals surface area contributed by atoms with Crippen LogP contribution in [0.25, 0.3) is 10.9 Å². The van der Waals surface area contributed by atoms with Gasteiger partial charge in [0.05, 0.1) is 5.69 Å². The van der Waals surface area contributed by atoms with Gasteiger partial charge in [-0.25, -0.2) is 4.98 Å². The molecule has 1 amide bonds. The van der Waals surface area contributed by atoms with E-state index in [1.54, 1.807) is 30.0 Å². The summed E-state index contributed by atoms with van der Waals surface area (Å²) in [7, 11) is 0. The number of benzene rings is 1. The first-order valence-electron chi connectivity index (χ1n) is 9.00. The first-order valence-corrected chi connectivity index (χ1v) is 9.00. The lowest BCUT2D eigenvalue weighted by Crippen LogP contribution is -2.40. The quantitative estimate of drug-likeness (QED) is 0.726. The predicted octanol–water partition coefficient (Wildman–Crippen LogP) is 1.94. The number of likely N-dealkylation sites (tertiary alicyclic amines) is 1. The lowest BCUT2D eigenvalue weighted by atomic mass is 9.94. The van der Waals surface area contributed by atoms with Crippen LogP contribution < -0.4 is 11.0 Å². The molecule has 1 aliphatic rings. The van der Waals surface area contributed by atoms with Gasteiger partial charge in [-0.3, -0.25) is 14.4 Å². The van der Waals surface area contributed by atoms with Crippen molar-refractivity contribution in [1.82, 2.24) is 19.9 Å². The van der Waals surface area contributed by atoms with E-state index in [2.05, 4.69) is 15.0 Å². The Morgan fingerprint density at radius 3 is 2.81 bits per heavy atom. The van der Waals surface area contributed by atoms with Crippen molar-refractivity contribution in [2.75, 3.05) is 13.1 Å². The minimum atomic E-state index is -0.205. The highest BCUT2D eigenvalue weighted by atomic mass is 16.2. The molecule has 138 valence electrons. The molecule has 0 radical (unpaired) electrons. The molecule has 27 heavy (non-hydrogen) atoms. The molecule has 4 rings (SSSR count). The molecule has 0 bridgehead atoms. The van der Waals surface area contributed by atoms with E-state index < -0.39 is 0 Å². The number of para-hydroxylation sites is 1. The summed E-state index contributed by atoms with van der Waals surface area (Å²) in [5.41, 5.74) is 1.29. The molecule has 2 N–H and O–H groups in total. The fourth-order valence-electron chi connectivity index (χ4n) is 3.70. The van der Waals surface area contributed by atoms with Gasteiger partial charge in [-0.2, -0.15) is 0 Å². The zero-order valence-electron chi connectivity index (χ0n) is 15.0. The molecule has 3 heterocycles. The average molecular weight is 364 g/mol. The Bertz CT molecular complexity index is 1130. The molecule has 7 heteroatoms. The summed E-state index contributed by atoms with van der Waals surface area (Å²) < 4.78 is 0. The van der Waals surface area contributed by atoms with Crippen molar-refractivity contribution in [2.45, 2.75) is 25.7 Å². The SMILES string of the molecule is Cc1nc([C@H]2CCCN(C(=O)c3cc(=O)c4ccccc4[nH]3)C2)cc(=O)[nH]1. The molecule has 1 aliphatic heterocycles. The highest BCUT2D eigenvalue weighted by Crippen LogP contribution is 2.25. The Morgan fingerprint density at radius 2 is 2.00 bits per heavy atom. The summed E-state index contributed by atoms with van der Waals surface area (Å²) in [6, 6.07) is 10.0. The van der Waals surface area contributed by atoms with Crippen LogP contribution in [0.5, 0.6) is 0 Å². The Labute approximate surface area is 155 Å². The zero-order chi connectivity index (χ0) is 19.0. The van der Waals surface area contributed by atoms with Crippen LogP contribution in [-0.4, -0.2) is 38.8 Å². The van der Waals surface area contributed by atoms with E-state index in [1.165, 1.54) is 12.1 Å². The lowest BCUT2D eigenvalue weighted by molar-refractivity contribution is 0.0700. The third-order valence-electron chi connectivity index (χ3n) is 4.97. The summed E-state index contributed by atoms with van der Waals surface area (Å²) in [6.07, 6.45) is 1.69. The van der Waals surface area contributed by atoms with Gasteiger partial charge in [-0.1, -0.05) is 12.1 Å². The molecule has 0 saturated carbocycles. The Morgan fingerprint density at radius 1 is 1.19 bits per heavy atom. The second-order valence-electron chi connectivity index (χ2n) is 6.94. The van der Waals surface area contributed by atoms with Crippen molar-refractivity contribution in [2.24, 2.45) is 0 Å². The van der Waals surface area contributed by atoms with Gasteiger partial charge in [0.2, 0.25) is 0 Å². The molecule has 1 aromatic carbocycles. The van der Waals surface area contributed by atoms with Crippen molar-refractivity contribution in [1.29, 1.82) is 0 Å². The monoisotopic (exact) mass is 364 g/mol. The van der Waals surface area contributed by atoms with Crippen molar-refractivity contribution < 1.29 is 4.79 Å². The molecule has 1 atom stereocenters. The van der Waals surface area contributed by atoms with E-state index >= 15 is 0 Å². The fourth-order valence-corrected chi connectivity index (χ4v) is 3.70. The number of aryl methyl sites for hydroxylation is 1. The maximum absolute atomic E-state index is 13.0. The number of nitrogens with zero attached hydrogens (tertiary/aromatic N) is 2. The molecule has 3 aromatic rings. The number of rotatable bonds is 2. The predicted molar refractivity (Wildman–Crippen MR) is 102 cm³/mol. The number of aromatic amines is 2. The number of aromatic nitrogens is 3. The van der Waals surface area contributed by atoms with Crippen LogP contribution in [0.3, 0.4) is 0 Å². The van der Waals surface area contributed by atoms with Gasteiger partial charge in [0.1, 0.15) is 11.5 Å². The van der Waals surface area contributed by atoms with E-state index in [0.717, 1.165) is 12.8 Å². The van der Waals surface area contributed by atoms with Crippen LogP contribution in [0.15, 0.2) is 46.0 Å². The highest BCUT2D eigenvalue weighted by Gasteiger charge is 2.27. The third kappa shape index (κ3) is 3.40. The second-order valence-corrected chi connectivity index (χ2v) is 6.94. The van der Waals surface area contributed by atoms with Crippen LogP contribution in [0, 0.1) is 6.92 Å². The van der Waals surface area contributed by atoms with Gasteiger partial charge in [0.25, 0.3) is 11.5 Å². The zero-order valence-corrected chi connectivity index (χ0v) is 15.0. The van der Waals surface area contributed by atoms with E-state index in [1.807, 2.05) is 6.07 Å². The molecule has 0 unspecified atom stereocenters. The number of hydrogen-bond acceptors (Lipinski definition) is 4. The van der Waals surface area contributed by atoms with Gasteiger partial charge in [0, 0.05) is 42.0 Å². The van der Waals surface area contributed by atoms with Gasteiger partial charge in [0.15, 0.2) is 5.43 Å². The van der Waals surface area contributed by atoms with E-state index in [0.29, 0.717) is 35.5 Å². The molecular formula is C20H20N4O3. The van der Waals surface area contributed by atoms with E-state index in [4.69, 9.17) is 0 Å². The van der Waals surface area contributed by atoms with Crippen molar-refractivity contribution in [3.63, 3.8) is 0 Å². The summed E-state index contributed by atoms with van der Waals surface area (Å²) in [5.74, 6) is 0.375. The fraction of sp³-hybridized carbons (Fsp3) is 0.300. The third-order valence-corrected chi connectivity index (χ3v) is 4.97. The first-order chi connectivity index (χ1) is 13.0. The summed E-state index contributed by atoms with van der Waals surface area (Å²) in [6.45, 7) is 2.84. The molecule has 1 fully saturated rings. The van der Waals surface area contributed by atoms with Gasteiger partial charge < -0.3 is 14.9 Å². The Hall–Kier alpha value is -3.22. The molecule has 0 aliphatic carbocycles. The van der Waals surface area contributed by atoms with Crippen LogP contribution in [0.1, 0.15) is 40.8 Å². The highest BCUT2D eigenvalue weighted by molar-refractivity contribution is 5.95. The average Bonchev–Trinajstić information content (AvgIpc) is 2.67. The number of carbonyl (C=O) groups is 1. The van der Waals surface area contributed by atoms with E-state index in [-0.39, 0.29) is 28.5 Å². The number of amides is 1. The standard InChI is InChI=1S/C20H20N4O3/c1-12-21-16(10-19(26)22-12)13-5-4-8-24(11-13)20(27)17-9-18(25)14-6-2-3-7-15(14)23-17/h2-3,6-7,9-10,13H,4-5,8,11H2,1H3,(H,23,25)(H,21,22,26)/t13-/m0/s1. The summed E-state index contributed by atoms with van der Waals surface area (Å²) >= 11 is 0. The van der Waals surface area contributed by atoms with Crippen molar-refractivity contribution in [3.8, 4) is 0 Å². The van der Waals surface area contributed by atoms with Gasteiger partial charge >= 0.3 is 0 Å². The number of hydrogen-bond donors (Lipinski definition) is 2. The molecule has 7 nitrogen and oxygen atoms in total. The smallest absolute Gasteiger partial charge is 0.270 e. The number of carbonyl (C=O) groups excluding carboxylic acids is 1. The Kier molecular flexibility index (Phi) is 4.35.